The van der Waals surface area contributed by atoms with E-state index >= 15 is 0 Å². The van der Waals surface area contributed by atoms with Gasteiger partial charge in [-0.2, -0.15) is 0 Å². The normalized spacial score (nSPS) is 15.2. The summed E-state index contributed by atoms with van der Waals surface area (Å²) in [6.07, 6.45) is 0. The van der Waals surface area contributed by atoms with Gasteiger partial charge in [-0.15, -0.1) is 0 Å². The molecule has 0 fully saturated rings. The fourth-order valence-corrected chi connectivity index (χ4v) is 21.7. The van der Waals surface area contributed by atoms with E-state index in [0.717, 1.165) is 21.1 Å². The molecule has 0 aliphatic rings. The molecule has 0 bridgehead atoms. The average molecular weight is 655 g/mol. The van der Waals surface area contributed by atoms with E-state index in [1.165, 1.54) is 0 Å². The Hall–Kier alpha value is 0.304. The number of aliphatic hydroxyl groups is 1. The van der Waals surface area contributed by atoms with Crippen molar-refractivity contribution >= 4 is 81.5 Å². The highest BCUT2D eigenvalue weighted by Gasteiger charge is 2.64. The van der Waals surface area contributed by atoms with E-state index in [0.29, 0.717) is 10.4 Å². The van der Waals surface area contributed by atoms with Crippen LogP contribution >= 0.6 is 15.2 Å². The van der Waals surface area contributed by atoms with E-state index in [4.69, 9.17) is 0 Å². The molecule has 0 spiro atoms. The van der Waals surface area contributed by atoms with E-state index in [-0.39, 0.29) is 5.56 Å². The first-order chi connectivity index (χ1) is 16.1. The van der Waals surface area contributed by atoms with Crippen molar-refractivity contribution in [2.45, 2.75) is 103 Å². The van der Waals surface area contributed by atoms with Crippen molar-refractivity contribution in [3.63, 3.8) is 0 Å². The van der Waals surface area contributed by atoms with Crippen LogP contribution in [0.3, 0.4) is 0 Å². The summed E-state index contributed by atoms with van der Waals surface area (Å²) >= 11 is 0. The van der Waals surface area contributed by atoms with Crippen molar-refractivity contribution in [2.75, 3.05) is 0 Å². The highest BCUT2D eigenvalue weighted by atomic mass is 31.2. The third kappa shape index (κ3) is 6.68. The van der Waals surface area contributed by atoms with Crippen molar-refractivity contribution in [3.05, 3.63) is 17.7 Å². The van der Waals surface area contributed by atoms with Crippen LogP contribution in [-0.4, -0.2) is 65.0 Å². The van der Waals surface area contributed by atoms with Gasteiger partial charge in [0.1, 0.15) is 0 Å². The van der Waals surface area contributed by atoms with Crippen molar-refractivity contribution in [1.29, 1.82) is 0 Å². The maximum Gasteiger partial charge on any atom is 0.374 e. The van der Waals surface area contributed by atoms with Gasteiger partial charge in [0.05, 0.1) is 40.4 Å². The molecular weight excluding hydrogens is 603 g/mol. The second-order valence-electron chi connectivity index (χ2n) is 15.7. The van der Waals surface area contributed by atoms with Gasteiger partial charge in [0.15, 0.2) is 0 Å². The molecule has 0 amide bonds. The number of rotatable bonds is 9. The molecule has 0 aliphatic heterocycles. The Morgan fingerprint density at radius 2 is 0.816 bits per heavy atom. The molecule has 0 heterocycles. The average Bonchev–Trinajstić information content (AvgIpc) is 2.58. The van der Waals surface area contributed by atoms with E-state index in [1.54, 1.807) is 0 Å². The van der Waals surface area contributed by atoms with Gasteiger partial charge >= 0.3 is 15.2 Å². The molecule has 0 saturated carbocycles. The van der Waals surface area contributed by atoms with Crippen molar-refractivity contribution in [1.82, 2.24) is 0 Å². The Morgan fingerprint density at radius 3 is 0.974 bits per heavy atom. The Balaban J connectivity index is 5.31. The molecule has 1 aromatic carbocycles. The molecule has 38 heavy (non-hydrogen) atoms. The predicted molar refractivity (Wildman–Crippen MR) is 179 cm³/mol. The van der Waals surface area contributed by atoms with Crippen LogP contribution in [0.25, 0.3) is 5.20 Å². The lowest BCUT2D eigenvalue weighted by atomic mass is 10.1. The van der Waals surface area contributed by atoms with Crippen LogP contribution < -0.4 is 20.7 Å². The van der Waals surface area contributed by atoms with Gasteiger partial charge in [0.2, 0.25) is 0 Å². The van der Waals surface area contributed by atoms with E-state index in [2.05, 4.69) is 65.5 Å². The molecule has 1 aromatic rings. The van der Waals surface area contributed by atoms with Gasteiger partial charge in [-0.05, 0) is 5.56 Å². The first-order valence-electron chi connectivity index (χ1n) is 12.9. The van der Waals surface area contributed by atoms with Gasteiger partial charge in [0.25, 0.3) is 5.08 Å². The summed E-state index contributed by atoms with van der Waals surface area (Å²) in [5, 5.41) is 12.5. The van der Waals surface area contributed by atoms with Crippen LogP contribution in [0.5, 0.6) is 0 Å². The molecule has 5 N–H and O–H groups in total. The van der Waals surface area contributed by atoms with E-state index in [9.17, 15) is 33.8 Å². The smallest absolute Gasteiger partial charge is 0.364 e. The third-order valence-corrected chi connectivity index (χ3v) is 21.1. The van der Waals surface area contributed by atoms with Gasteiger partial charge in [-0.1, -0.05) is 131 Å². The maximum atomic E-state index is 13.2. The van der Waals surface area contributed by atoms with Crippen LogP contribution in [0.15, 0.2) is 6.58 Å². The third-order valence-electron chi connectivity index (χ3n) is 6.85. The summed E-state index contributed by atoms with van der Waals surface area (Å²) in [5.41, 5.74) is 0.902. The first-order valence-corrected chi connectivity index (χ1v) is 33.7. The molecule has 0 aromatic heterocycles. The van der Waals surface area contributed by atoms with Crippen molar-refractivity contribution in [2.24, 2.45) is 0 Å². The SMILES string of the molecule is C=C(c1c([Si](C)(C)C)c([Si](C)(C)C)c(C(O)(P(=O)(O)O)P(=O)(O)O)c([Si](C)(C)C)c1[Si](C)(C)C)[Si](C)(C)C. The van der Waals surface area contributed by atoms with Crippen LogP contribution in [0.1, 0.15) is 11.1 Å². The van der Waals surface area contributed by atoms with Crippen LogP contribution in [0.2, 0.25) is 98.2 Å². The molecule has 1 rings (SSSR count). The quantitative estimate of drug-likeness (QED) is 0.199. The monoisotopic (exact) mass is 654 g/mol. The molecule has 0 radical (unpaired) electrons. The predicted octanol–water partition coefficient (Wildman–Crippen LogP) is 4.22. The Morgan fingerprint density at radius 1 is 0.579 bits per heavy atom. The number of benzene rings is 1. The number of hydrogen-bond acceptors (Lipinski definition) is 3. The second kappa shape index (κ2) is 10.2. The molecule has 0 aliphatic carbocycles. The largest absolute Gasteiger partial charge is 0.374 e. The summed E-state index contributed by atoms with van der Waals surface area (Å²) in [7, 11) is -23.6. The zero-order valence-electron chi connectivity index (χ0n) is 26.2. The minimum Gasteiger partial charge on any atom is -0.364 e. The molecule has 0 unspecified atom stereocenters. The summed E-state index contributed by atoms with van der Waals surface area (Å²) < 4.78 is 26.3. The van der Waals surface area contributed by atoms with Crippen LogP contribution in [0, 0.1) is 0 Å². The fourth-order valence-electron chi connectivity index (χ4n) is 5.22. The Labute approximate surface area is 235 Å². The van der Waals surface area contributed by atoms with Gasteiger partial charge in [-0.25, -0.2) is 0 Å². The first kappa shape index (κ1) is 36.3. The van der Waals surface area contributed by atoms with Crippen LogP contribution in [-0.2, 0) is 14.2 Å². The zero-order chi connectivity index (χ0) is 31.0. The summed E-state index contributed by atoms with van der Waals surface area (Å²) in [6.45, 7) is 36.5. The topological polar surface area (TPSA) is 135 Å². The van der Waals surface area contributed by atoms with E-state index in [1.807, 2.05) is 39.3 Å². The minimum atomic E-state index is -5.79. The van der Waals surface area contributed by atoms with Crippen molar-refractivity contribution in [3.8, 4) is 0 Å². The van der Waals surface area contributed by atoms with Gasteiger partial charge in [0, 0.05) is 5.56 Å². The van der Waals surface area contributed by atoms with Crippen molar-refractivity contribution < 1.29 is 33.8 Å². The van der Waals surface area contributed by atoms with Gasteiger partial charge < -0.3 is 24.7 Å². The lowest BCUT2D eigenvalue weighted by molar-refractivity contribution is 0.132. The summed E-state index contributed by atoms with van der Waals surface area (Å²) in [4.78, 5) is 42.5. The Bertz CT molecular complexity index is 1140. The minimum absolute atomic E-state index is 0.167. The lowest BCUT2D eigenvalue weighted by Crippen LogP contribution is -2.71. The molecule has 0 saturated heterocycles. The van der Waals surface area contributed by atoms with E-state index < -0.39 is 60.6 Å². The highest BCUT2D eigenvalue weighted by Crippen LogP contribution is 2.72. The molecule has 7 nitrogen and oxygen atoms in total. The Kier molecular flexibility index (Phi) is 9.79. The molecule has 220 valence electrons. The molecule has 14 heteroatoms. The standard InChI is InChI=1S/C24H52O7P2Si5/c1-17(34(2,3)4)18-20(35(5,6)7)22(37(11,12)13)19(24(25,32(26,27)28)33(29,30)31)23(38(14,15)16)21(18)36(8,9)10/h25H,1H2,2-16H3,(H2,26,27,28)(H2,29,30,31). The fraction of sp³-hybridized carbons (Fsp3) is 0.667. The van der Waals surface area contributed by atoms with Crippen LogP contribution in [0.4, 0.5) is 0 Å². The maximum absolute atomic E-state index is 13.2. The summed E-state index contributed by atoms with van der Waals surface area (Å²) in [6, 6.07) is 0. The molecular formula is C24H52O7P2Si5. The zero-order valence-corrected chi connectivity index (χ0v) is 32.9. The lowest BCUT2D eigenvalue weighted by Gasteiger charge is -2.46. The summed E-state index contributed by atoms with van der Waals surface area (Å²) in [5.74, 6) is 0. The molecule has 0 atom stereocenters. The van der Waals surface area contributed by atoms with Gasteiger partial charge in [-0.3, -0.25) is 9.13 Å². The second-order valence-corrected chi connectivity index (χ2v) is 44.6. The number of hydrogen-bond donors (Lipinski definition) is 5. The highest BCUT2D eigenvalue weighted by molar-refractivity contribution is 7.71.